The van der Waals surface area contributed by atoms with Crippen LogP contribution in [0, 0.1) is 5.92 Å². The highest BCUT2D eigenvalue weighted by Gasteiger charge is 2.24. The Hall–Kier alpha value is -2.79. The highest BCUT2D eigenvalue weighted by Crippen LogP contribution is 2.35. The van der Waals surface area contributed by atoms with Crippen molar-refractivity contribution in [1.29, 1.82) is 0 Å². The fourth-order valence-corrected chi connectivity index (χ4v) is 5.25. The summed E-state index contributed by atoms with van der Waals surface area (Å²) in [7, 11) is 0. The van der Waals surface area contributed by atoms with E-state index in [0.29, 0.717) is 0 Å². The fourth-order valence-electron chi connectivity index (χ4n) is 4.29. The SMILES string of the molecule is CCc1cc2c(N3CCC(Cc4ccccc4)CC3)nc(-c3cccnc3)nc2s1. The Morgan fingerprint density at radius 3 is 2.60 bits per heavy atom. The molecular formula is C25H26N4S. The molecule has 1 aliphatic rings. The molecule has 152 valence electrons. The van der Waals surface area contributed by atoms with Crippen LogP contribution >= 0.6 is 11.3 Å². The molecule has 0 radical (unpaired) electrons. The summed E-state index contributed by atoms with van der Waals surface area (Å²) in [5, 5.41) is 1.20. The van der Waals surface area contributed by atoms with Gasteiger partial charge >= 0.3 is 0 Å². The lowest BCUT2D eigenvalue weighted by atomic mass is 9.90. The summed E-state index contributed by atoms with van der Waals surface area (Å²) in [5.41, 5.74) is 2.43. The Labute approximate surface area is 181 Å². The Kier molecular flexibility index (Phi) is 5.45. The Balaban J connectivity index is 1.42. The molecule has 1 aromatic carbocycles. The minimum atomic E-state index is 0.743. The summed E-state index contributed by atoms with van der Waals surface area (Å²) in [6.07, 6.45) is 8.25. The lowest BCUT2D eigenvalue weighted by Crippen LogP contribution is -2.35. The zero-order valence-corrected chi connectivity index (χ0v) is 18.1. The molecule has 1 aliphatic heterocycles. The summed E-state index contributed by atoms with van der Waals surface area (Å²) in [6.45, 7) is 4.30. The number of hydrogen-bond acceptors (Lipinski definition) is 5. The van der Waals surface area contributed by atoms with E-state index < -0.39 is 0 Å². The molecule has 0 saturated carbocycles. The standard InChI is InChI=1S/C25H26N4S/c1-2-21-16-22-24(27-23(28-25(22)30-21)20-9-6-12-26-17-20)29-13-10-19(11-14-29)15-18-7-4-3-5-8-18/h3-9,12,16-17,19H,2,10-11,13-15H2,1H3. The average Bonchev–Trinajstić information content (AvgIpc) is 3.24. The number of anilines is 1. The smallest absolute Gasteiger partial charge is 0.164 e. The van der Waals surface area contributed by atoms with E-state index in [1.165, 1.54) is 35.1 Å². The lowest BCUT2D eigenvalue weighted by molar-refractivity contribution is 0.403. The number of aryl methyl sites for hydroxylation is 1. The predicted molar refractivity (Wildman–Crippen MR) is 125 cm³/mol. The van der Waals surface area contributed by atoms with Gasteiger partial charge in [0.2, 0.25) is 0 Å². The minimum Gasteiger partial charge on any atom is -0.356 e. The first-order valence-electron chi connectivity index (χ1n) is 10.8. The summed E-state index contributed by atoms with van der Waals surface area (Å²) in [4.78, 5) is 19.1. The largest absolute Gasteiger partial charge is 0.356 e. The third kappa shape index (κ3) is 3.94. The van der Waals surface area contributed by atoms with Gasteiger partial charge in [0.25, 0.3) is 0 Å². The van der Waals surface area contributed by atoms with Gasteiger partial charge in [-0.15, -0.1) is 11.3 Å². The van der Waals surface area contributed by atoms with Gasteiger partial charge in [-0.25, -0.2) is 9.97 Å². The molecular weight excluding hydrogens is 388 g/mol. The molecule has 0 unspecified atom stereocenters. The molecule has 5 heteroatoms. The third-order valence-corrected chi connectivity index (χ3v) is 7.15. The van der Waals surface area contributed by atoms with Crippen LogP contribution in [0.3, 0.4) is 0 Å². The van der Waals surface area contributed by atoms with Gasteiger partial charge in [-0.1, -0.05) is 37.3 Å². The maximum atomic E-state index is 5.03. The quantitative estimate of drug-likeness (QED) is 0.415. The number of benzene rings is 1. The van der Waals surface area contributed by atoms with Crippen LogP contribution in [0.4, 0.5) is 5.82 Å². The van der Waals surface area contributed by atoms with E-state index in [2.05, 4.69) is 53.2 Å². The maximum absolute atomic E-state index is 5.03. The molecule has 0 aliphatic carbocycles. The van der Waals surface area contributed by atoms with Crippen molar-refractivity contribution in [2.24, 2.45) is 5.92 Å². The monoisotopic (exact) mass is 414 g/mol. The van der Waals surface area contributed by atoms with Gasteiger partial charge < -0.3 is 4.90 Å². The topological polar surface area (TPSA) is 41.9 Å². The summed E-state index contributed by atoms with van der Waals surface area (Å²) < 4.78 is 0. The van der Waals surface area contributed by atoms with Gasteiger partial charge in [0.15, 0.2) is 5.82 Å². The van der Waals surface area contributed by atoms with Crippen molar-refractivity contribution in [1.82, 2.24) is 15.0 Å². The molecule has 4 aromatic rings. The second kappa shape index (κ2) is 8.52. The minimum absolute atomic E-state index is 0.743. The van der Waals surface area contributed by atoms with E-state index in [-0.39, 0.29) is 0 Å². The maximum Gasteiger partial charge on any atom is 0.164 e. The van der Waals surface area contributed by atoms with Gasteiger partial charge in [-0.3, -0.25) is 4.98 Å². The van der Waals surface area contributed by atoms with Crippen molar-refractivity contribution < 1.29 is 0 Å². The highest BCUT2D eigenvalue weighted by atomic mass is 32.1. The van der Waals surface area contributed by atoms with Crippen molar-refractivity contribution in [2.75, 3.05) is 18.0 Å². The number of piperidine rings is 1. The second-order valence-corrected chi connectivity index (χ2v) is 9.13. The molecule has 5 rings (SSSR count). The highest BCUT2D eigenvalue weighted by molar-refractivity contribution is 7.18. The first kappa shape index (κ1) is 19.2. The van der Waals surface area contributed by atoms with Gasteiger partial charge in [0, 0.05) is 35.9 Å². The van der Waals surface area contributed by atoms with E-state index >= 15 is 0 Å². The fraction of sp³-hybridized carbons (Fsp3) is 0.320. The first-order chi connectivity index (χ1) is 14.8. The molecule has 0 N–H and O–H groups in total. The molecule has 0 bridgehead atoms. The number of thiophene rings is 1. The van der Waals surface area contributed by atoms with Crippen molar-refractivity contribution in [3.63, 3.8) is 0 Å². The zero-order valence-electron chi connectivity index (χ0n) is 17.3. The van der Waals surface area contributed by atoms with E-state index in [1.54, 1.807) is 17.5 Å². The van der Waals surface area contributed by atoms with Crippen LogP contribution in [-0.2, 0) is 12.8 Å². The van der Waals surface area contributed by atoms with E-state index in [9.17, 15) is 0 Å². The van der Waals surface area contributed by atoms with Crippen LogP contribution in [0.1, 0.15) is 30.2 Å². The van der Waals surface area contributed by atoms with E-state index in [1.807, 2.05) is 18.3 Å². The van der Waals surface area contributed by atoms with Crippen LogP contribution in [-0.4, -0.2) is 28.0 Å². The van der Waals surface area contributed by atoms with Crippen LogP contribution < -0.4 is 4.90 Å². The van der Waals surface area contributed by atoms with Gasteiger partial charge in [-0.2, -0.15) is 0 Å². The van der Waals surface area contributed by atoms with Crippen LogP contribution in [0.5, 0.6) is 0 Å². The van der Waals surface area contributed by atoms with Gasteiger partial charge in [0.05, 0.1) is 5.39 Å². The predicted octanol–water partition coefficient (Wildman–Crippen LogP) is 5.77. The second-order valence-electron chi connectivity index (χ2n) is 8.02. The van der Waals surface area contributed by atoms with Crippen LogP contribution in [0.2, 0.25) is 0 Å². The van der Waals surface area contributed by atoms with Crippen molar-refractivity contribution >= 4 is 27.4 Å². The average molecular weight is 415 g/mol. The Morgan fingerprint density at radius 1 is 1.03 bits per heavy atom. The van der Waals surface area contributed by atoms with Crippen LogP contribution in [0.15, 0.2) is 60.9 Å². The summed E-state index contributed by atoms with van der Waals surface area (Å²) in [5.74, 6) is 2.61. The molecule has 0 spiro atoms. The molecule has 3 aromatic heterocycles. The van der Waals surface area contributed by atoms with Gasteiger partial charge in [-0.05, 0) is 55.4 Å². The Morgan fingerprint density at radius 2 is 1.87 bits per heavy atom. The molecule has 4 heterocycles. The molecule has 30 heavy (non-hydrogen) atoms. The van der Waals surface area contributed by atoms with Crippen LogP contribution in [0.25, 0.3) is 21.6 Å². The molecule has 1 saturated heterocycles. The first-order valence-corrected chi connectivity index (χ1v) is 11.6. The lowest BCUT2D eigenvalue weighted by Gasteiger charge is -2.33. The molecule has 1 fully saturated rings. The number of hydrogen-bond donors (Lipinski definition) is 0. The van der Waals surface area contributed by atoms with Crippen molar-refractivity contribution in [2.45, 2.75) is 32.6 Å². The Bertz CT molecular complexity index is 1120. The van der Waals surface area contributed by atoms with Gasteiger partial charge in [0.1, 0.15) is 10.6 Å². The summed E-state index contributed by atoms with van der Waals surface area (Å²) in [6, 6.07) is 17.2. The molecule has 0 amide bonds. The van der Waals surface area contributed by atoms with E-state index in [0.717, 1.165) is 47.5 Å². The van der Waals surface area contributed by atoms with Crippen molar-refractivity contribution in [3.8, 4) is 11.4 Å². The number of aromatic nitrogens is 3. The molecule has 0 atom stereocenters. The summed E-state index contributed by atoms with van der Waals surface area (Å²) >= 11 is 1.79. The number of fused-ring (bicyclic) bond motifs is 1. The van der Waals surface area contributed by atoms with Crippen molar-refractivity contribution in [3.05, 3.63) is 71.4 Å². The number of nitrogens with zero attached hydrogens (tertiary/aromatic N) is 4. The molecule has 4 nitrogen and oxygen atoms in total. The van der Waals surface area contributed by atoms with E-state index in [4.69, 9.17) is 9.97 Å². The normalized spacial score (nSPS) is 15.0. The number of pyridine rings is 1. The zero-order chi connectivity index (χ0) is 20.3. The third-order valence-electron chi connectivity index (χ3n) is 5.97. The number of rotatable bonds is 5.